The summed E-state index contributed by atoms with van der Waals surface area (Å²) in [4.78, 5) is 8.89. The van der Waals surface area contributed by atoms with Gasteiger partial charge in [0.15, 0.2) is 0 Å². The summed E-state index contributed by atoms with van der Waals surface area (Å²) in [5.41, 5.74) is 0.444. The van der Waals surface area contributed by atoms with Crippen LogP contribution in [0.25, 0.3) is 0 Å². The lowest BCUT2D eigenvalue weighted by Gasteiger charge is -2.29. The molecule has 0 amide bonds. The molecule has 0 aromatic carbocycles. The van der Waals surface area contributed by atoms with Gasteiger partial charge in [0.25, 0.3) is 0 Å². The summed E-state index contributed by atoms with van der Waals surface area (Å²) in [5.74, 6) is 1.13. The zero-order valence-electron chi connectivity index (χ0n) is 16.2. The minimum atomic E-state index is -0.282. The van der Waals surface area contributed by atoms with E-state index < -0.39 is 0 Å². The van der Waals surface area contributed by atoms with Crippen molar-refractivity contribution >= 4 is 11.8 Å². The number of aromatic nitrogens is 2. The normalized spacial score (nSPS) is 28.8. The van der Waals surface area contributed by atoms with Crippen LogP contribution in [0.4, 0.5) is 11.8 Å². The Morgan fingerprint density at radius 1 is 1.15 bits per heavy atom. The van der Waals surface area contributed by atoms with Crippen LogP contribution in [-0.2, 0) is 4.74 Å². The minimum absolute atomic E-state index is 0.138. The fraction of sp³-hybridized carbons (Fsp3) is 0.750. The van der Waals surface area contributed by atoms with Gasteiger partial charge in [-0.2, -0.15) is 10.2 Å². The van der Waals surface area contributed by atoms with E-state index in [1.165, 1.54) is 0 Å². The lowest BCUT2D eigenvalue weighted by Crippen LogP contribution is -2.30. The highest BCUT2D eigenvalue weighted by molar-refractivity contribution is 5.54. The Morgan fingerprint density at radius 2 is 1.93 bits per heavy atom. The SMILES string of the molecule is CCOC1CCC(Nc2ncc(C#N)c(N[C@@H]3CCCC[C@@H](O)C3)n2)CC1. The lowest BCUT2D eigenvalue weighted by molar-refractivity contribution is 0.0346. The van der Waals surface area contributed by atoms with E-state index in [9.17, 15) is 10.4 Å². The highest BCUT2D eigenvalue weighted by Gasteiger charge is 2.23. The molecule has 0 spiro atoms. The van der Waals surface area contributed by atoms with Crippen molar-refractivity contribution in [3.63, 3.8) is 0 Å². The molecule has 0 unspecified atom stereocenters. The Balaban J connectivity index is 1.62. The van der Waals surface area contributed by atoms with Crippen LogP contribution in [0.15, 0.2) is 6.20 Å². The average molecular weight is 374 g/mol. The number of rotatable bonds is 6. The standard InChI is InChI=1S/C20H31N5O2/c1-2-27-18-9-7-15(8-10-18)24-20-22-13-14(12-21)19(25-20)23-16-5-3-4-6-17(26)11-16/h13,15-18,26H,2-11H2,1H3,(H2,22,23,24,25)/t15?,16-,17-,18?/m1/s1. The maximum absolute atomic E-state index is 10.0. The predicted octanol–water partition coefficient (Wildman–Crippen LogP) is 3.21. The summed E-state index contributed by atoms with van der Waals surface area (Å²) in [7, 11) is 0. The molecule has 1 aromatic rings. The number of aliphatic hydroxyl groups excluding tert-OH is 1. The second kappa shape index (κ2) is 9.86. The number of nitrogens with zero attached hydrogens (tertiary/aromatic N) is 3. The molecule has 2 atom stereocenters. The highest BCUT2D eigenvalue weighted by Crippen LogP contribution is 2.25. The van der Waals surface area contributed by atoms with Gasteiger partial charge in [-0.15, -0.1) is 0 Å². The molecule has 3 N–H and O–H groups in total. The van der Waals surface area contributed by atoms with Crippen molar-refractivity contribution in [1.82, 2.24) is 9.97 Å². The van der Waals surface area contributed by atoms with Gasteiger partial charge in [-0.05, 0) is 51.9 Å². The fourth-order valence-electron chi connectivity index (χ4n) is 4.09. The van der Waals surface area contributed by atoms with E-state index in [2.05, 4.69) is 26.7 Å². The maximum Gasteiger partial charge on any atom is 0.224 e. The quantitative estimate of drug-likeness (QED) is 0.658. The van der Waals surface area contributed by atoms with Crippen molar-refractivity contribution in [2.24, 2.45) is 0 Å². The molecule has 2 saturated carbocycles. The number of anilines is 2. The molecular formula is C20H31N5O2. The number of hydrogen-bond donors (Lipinski definition) is 3. The average Bonchev–Trinajstić information content (AvgIpc) is 2.87. The first kappa shape index (κ1) is 19.8. The molecule has 2 aliphatic carbocycles. The molecule has 0 aliphatic heterocycles. The van der Waals surface area contributed by atoms with Crippen LogP contribution < -0.4 is 10.6 Å². The monoisotopic (exact) mass is 373 g/mol. The third kappa shape index (κ3) is 5.78. The molecule has 2 fully saturated rings. The first-order chi connectivity index (χ1) is 13.2. The molecule has 2 aliphatic rings. The summed E-state index contributed by atoms with van der Waals surface area (Å²) < 4.78 is 5.71. The van der Waals surface area contributed by atoms with Crippen LogP contribution in [0, 0.1) is 11.3 Å². The molecule has 0 saturated heterocycles. The Morgan fingerprint density at radius 3 is 2.67 bits per heavy atom. The second-order valence-electron chi connectivity index (χ2n) is 7.66. The molecule has 1 heterocycles. The summed E-state index contributed by atoms with van der Waals surface area (Å²) >= 11 is 0. The number of nitriles is 1. The fourth-order valence-corrected chi connectivity index (χ4v) is 4.09. The van der Waals surface area contributed by atoms with E-state index in [0.29, 0.717) is 35.9 Å². The van der Waals surface area contributed by atoms with Crippen LogP contribution >= 0.6 is 0 Å². The third-order valence-electron chi connectivity index (χ3n) is 5.56. The number of hydrogen-bond acceptors (Lipinski definition) is 7. The van der Waals surface area contributed by atoms with Crippen LogP contribution in [0.2, 0.25) is 0 Å². The lowest BCUT2D eigenvalue weighted by atomic mass is 9.93. The van der Waals surface area contributed by atoms with Gasteiger partial charge in [0, 0.05) is 18.7 Å². The van der Waals surface area contributed by atoms with Gasteiger partial charge in [0.05, 0.1) is 18.4 Å². The first-order valence-electron chi connectivity index (χ1n) is 10.3. The summed E-state index contributed by atoms with van der Waals surface area (Å²) in [6, 6.07) is 2.64. The molecule has 0 bridgehead atoms. The van der Waals surface area contributed by atoms with Gasteiger partial charge in [-0.25, -0.2) is 4.98 Å². The predicted molar refractivity (Wildman–Crippen MR) is 105 cm³/mol. The highest BCUT2D eigenvalue weighted by atomic mass is 16.5. The largest absolute Gasteiger partial charge is 0.393 e. The molecule has 7 heteroatoms. The van der Waals surface area contributed by atoms with Gasteiger partial charge in [-0.3, -0.25) is 0 Å². The maximum atomic E-state index is 10.0. The van der Waals surface area contributed by atoms with Crippen LogP contribution in [-0.4, -0.2) is 46.0 Å². The summed E-state index contributed by atoms with van der Waals surface area (Å²) in [6.45, 7) is 2.81. The first-order valence-corrected chi connectivity index (χ1v) is 10.3. The van der Waals surface area contributed by atoms with Gasteiger partial charge in [-0.1, -0.05) is 12.8 Å². The molecule has 27 heavy (non-hydrogen) atoms. The Kier molecular flexibility index (Phi) is 7.25. The van der Waals surface area contributed by atoms with E-state index in [-0.39, 0.29) is 12.1 Å². The molecule has 3 rings (SSSR count). The number of nitrogens with one attached hydrogen (secondary N) is 2. The van der Waals surface area contributed by atoms with Crippen molar-refractivity contribution in [3.8, 4) is 6.07 Å². The van der Waals surface area contributed by atoms with Crippen LogP contribution in [0.5, 0.6) is 0 Å². The van der Waals surface area contributed by atoms with E-state index in [0.717, 1.165) is 58.0 Å². The zero-order chi connectivity index (χ0) is 19.1. The second-order valence-corrected chi connectivity index (χ2v) is 7.66. The van der Waals surface area contributed by atoms with Crippen molar-refractivity contribution in [2.45, 2.75) is 89.0 Å². The Hall–Kier alpha value is -1.91. The van der Waals surface area contributed by atoms with Gasteiger partial charge in [0.1, 0.15) is 17.5 Å². The third-order valence-corrected chi connectivity index (χ3v) is 5.56. The molecular weight excluding hydrogens is 342 g/mol. The van der Waals surface area contributed by atoms with Crippen molar-refractivity contribution < 1.29 is 9.84 Å². The zero-order valence-corrected chi connectivity index (χ0v) is 16.2. The molecule has 0 radical (unpaired) electrons. The summed E-state index contributed by atoms with van der Waals surface area (Å²) in [5, 5.41) is 26.2. The van der Waals surface area contributed by atoms with Crippen LogP contribution in [0.1, 0.15) is 70.3 Å². The smallest absolute Gasteiger partial charge is 0.224 e. The molecule has 1 aromatic heterocycles. The van der Waals surface area contributed by atoms with Crippen molar-refractivity contribution in [3.05, 3.63) is 11.8 Å². The van der Waals surface area contributed by atoms with E-state index in [4.69, 9.17) is 4.74 Å². The van der Waals surface area contributed by atoms with E-state index in [1.54, 1.807) is 6.20 Å². The van der Waals surface area contributed by atoms with Crippen molar-refractivity contribution in [1.29, 1.82) is 5.26 Å². The minimum Gasteiger partial charge on any atom is -0.393 e. The Labute approximate surface area is 161 Å². The van der Waals surface area contributed by atoms with Crippen LogP contribution in [0.3, 0.4) is 0 Å². The van der Waals surface area contributed by atoms with E-state index in [1.807, 2.05) is 6.92 Å². The number of ether oxygens (including phenoxy) is 1. The molecule has 7 nitrogen and oxygen atoms in total. The molecule has 148 valence electrons. The van der Waals surface area contributed by atoms with Gasteiger partial charge < -0.3 is 20.5 Å². The topological polar surface area (TPSA) is 103 Å². The van der Waals surface area contributed by atoms with Crippen molar-refractivity contribution in [2.75, 3.05) is 17.2 Å². The number of aliphatic hydroxyl groups is 1. The van der Waals surface area contributed by atoms with Gasteiger partial charge in [0.2, 0.25) is 5.95 Å². The summed E-state index contributed by atoms with van der Waals surface area (Å²) in [6.07, 6.45) is 10.5. The van der Waals surface area contributed by atoms with E-state index >= 15 is 0 Å². The van der Waals surface area contributed by atoms with Gasteiger partial charge >= 0.3 is 0 Å². The Bertz CT molecular complexity index is 640.